The fourth-order valence-corrected chi connectivity index (χ4v) is 1.67. The van der Waals surface area contributed by atoms with Crippen LogP contribution in [0.1, 0.15) is 27.2 Å². The van der Waals surface area contributed by atoms with Crippen LogP contribution in [0.15, 0.2) is 0 Å². The van der Waals surface area contributed by atoms with Crippen molar-refractivity contribution in [2.24, 2.45) is 5.92 Å². The van der Waals surface area contributed by atoms with E-state index in [2.05, 4.69) is 30.8 Å². The molecule has 0 aliphatic carbocycles. The van der Waals surface area contributed by atoms with Gasteiger partial charge in [-0.15, -0.1) is 0 Å². The van der Waals surface area contributed by atoms with E-state index in [9.17, 15) is 8.42 Å². The molecular formula is C9H22N2O2S. The molecule has 0 fully saturated rings. The van der Waals surface area contributed by atoms with Gasteiger partial charge in [0.25, 0.3) is 0 Å². The van der Waals surface area contributed by atoms with Gasteiger partial charge in [-0.1, -0.05) is 20.3 Å². The number of hydrogen-bond acceptors (Lipinski definition) is 3. The van der Waals surface area contributed by atoms with Gasteiger partial charge in [-0.25, -0.2) is 13.1 Å². The summed E-state index contributed by atoms with van der Waals surface area (Å²) in [5.74, 6) is 0.719. The van der Waals surface area contributed by atoms with Gasteiger partial charge in [0.15, 0.2) is 0 Å². The molecule has 0 spiro atoms. The zero-order valence-corrected chi connectivity index (χ0v) is 10.3. The topological polar surface area (TPSA) is 58.2 Å². The van der Waals surface area contributed by atoms with E-state index in [1.54, 1.807) is 0 Å². The summed E-state index contributed by atoms with van der Waals surface area (Å²) in [7, 11) is -1.62. The predicted octanol–water partition coefficient (Wildman–Crippen LogP) is 0.560. The van der Waals surface area contributed by atoms with Crippen LogP contribution in [0.5, 0.6) is 0 Å². The zero-order chi connectivity index (χ0) is 11.2. The van der Waals surface area contributed by atoms with Gasteiger partial charge in [0.2, 0.25) is 10.0 Å². The van der Waals surface area contributed by atoms with Crippen molar-refractivity contribution < 1.29 is 8.42 Å². The molecule has 2 atom stereocenters. The first-order valence-electron chi connectivity index (χ1n) is 5.07. The van der Waals surface area contributed by atoms with Crippen molar-refractivity contribution in [2.75, 3.05) is 19.3 Å². The first kappa shape index (κ1) is 13.9. The molecule has 0 aromatic rings. The Kier molecular flexibility index (Phi) is 6.31. The average Bonchev–Trinajstić information content (AvgIpc) is 2.16. The van der Waals surface area contributed by atoms with Crippen molar-refractivity contribution in [2.45, 2.75) is 33.2 Å². The monoisotopic (exact) mass is 222 g/mol. The van der Waals surface area contributed by atoms with Crippen LogP contribution in [-0.4, -0.2) is 33.8 Å². The summed E-state index contributed by atoms with van der Waals surface area (Å²) in [5.41, 5.74) is 0. The van der Waals surface area contributed by atoms with E-state index in [0.717, 1.165) is 6.42 Å². The largest absolute Gasteiger partial charge is 0.313 e. The Bertz CT molecular complexity index is 239. The summed E-state index contributed by atoms with van der Waals surface area (Å²) in [4.78, 5) is 0. The molecule has 0 rings (SSSR count). The first-order valence-corrected chi connectivity index (χ1v) is 6.72. The van der Waals surface area contributed by atoms with E-state index in [1.807, 2.05) is 0 Å². The summed E-state index contributed by atoms with van der Waals surface area (Å²) in [6, 6.07) is 0.368. The van der Waals surface area contributed by atoms with Crippen molar-refractivity contribution in [3.63, 3.8) is 0 Å². The third kappa shape index (κ3) is 5.57. The lowest BCUT2D eigenvalue weighted by molar-refractivity contribution is 0.398. The molecule has 86 valence electrons. The molecule has 0 saturated carbocycles. The lowest BCUT2D eigenvalue weighted by atomic mass is 10.0. The van der Waals surface area contributed by atoms with E-state index in [-0.39, 0.29) is 5.75 Å². The van der Waals surface area contributed by atoms with Crippen LogP contribution in [0.25, 0.3) is 0 Å². The Labute approximate surface area is 87.5 Å². The summed E-state index contributed by atoms with van der Waals surface area (Å²) in [5, 5.41) is 3.20. The van der Waals surface area contributed by atoms with Gasteiger partial charge in [0, 0.05) is 12.6 Å². The second-order valence-corrected chi connectivity index (χ2v) is 5.70. The number of rotatable bonds is 7. The van der Waals surface area contributed by atoms with Gasteiger partial charge in [-0.2, -0.15) is 0 Å². The maximum absolute atomic E-state index is 11.1. The van der Waals surface area contributed by atoms with Crippen molar-refractivity contribution in [3.8, 4) is 0 Å². The lowest BCUT2D eigenvalue weighted by Crippen LogP contribution is -2.37. The van der Waals surface area contributed by atoms with Crippen molar-refractivity contribution in [1.29, 1.82) is 0 Å². The van der Waals surface area contributed by atoms with Crippen LogP contribution < -0.4 is 10.0 Å². The normalized spacial score (nSPS) is 16.6. The highest BCUT2D eigenvalue weighted by molar-refractivity contribution is 7.89. The predicted molar refractivity (Wildman–Crippen MR) is 59.8 cm³/mol. The van der Waals surface area contributed by atoms with Gasteiger partial charge in [-0.3, -0.25) is 0 Å². The Morgan fingerprint density at radius 3 is 2.29 bits per heavy atom. The summed E-state index contributed by atoms with van der Waals surface area (Å²) in [6.07, 6.45) is 1.10. The van der Waals surface area contributed by atoms with Gasteiger partial charge in [-0.05, 0) is 19.9 Å². The van der Waals surface area contributed by atoms with Crippen molar-refractivity contribution >= 4 is 10.0 Å². The van der Waals surface area contributed by atoms with E-state index < -0.39 is 10.0 Å². The van der Waals surface area contributed by atoms with Crippen LogP contribution in [0.3, 0.4) is 0 Å². The molecule has 0 heterocycles. The molecule has 14 heavy (non-hydrogen) atoms. The van der Waals surface area contributed by atoms with Crippen LogP contribution in [0, 0.1) is 5.92 Å². The molecule has 2 unspecified atom stereocenters. The van der Waals surface area contributed by atoms with Crippen molar-refractivity contribution in [3.05, 3.63) is 0 Å². The minimum absolute atomic E-state index is 0.143. The summed E-state index contributed by atoms with van der Waals surface area (Å²) < 4.78 is 24.4. The molecule has 0 radical (unpaired) electrons. The number of sulfonamides is 1. The Hall–Kier alpha value is -0.130. The van der Waals surface area contributed by atoms with Crippen LogP contribution >= 0.6 is 0 Å². The van der Waals surface area contributed by atoms with Gasteiger partial charge in [0.05, 0.1) is 5.75 Å². The number of hydrogen-bond donors (Lipinski definition) is 2. The van der Waals surface area contributed by atoms with Gasteiger partial charge >= 0.3 is 0 Å². The molecule has 4 nitrogen and oxygen atoms in total. The highest BCUT2D eigenvalue weighted by Crippen LogP contribution is 2.05. The zero-order valence-electron chi connectivity index (χ0n) is 9.50. The number of nitrogens with one attached hydrogen (secondary N) is 2. The SMILES string of the molecule is CCC(C)C(C)NCCS(=O)(=O)NC. The smallest absolute Gasteiger partial charge is 0.212 e. The molecule has 0 aromatic heterocycles. The fraction of sp³-hybridized carbons (Fsp3) is 1.00. The second-order valence-electron chi connectivity index (χ2n) is 3.65. The Morgan fingerprint density at radius 1 is 1.29 bits per heavy atom. The standard InChI is InChI=1S/C9H22N2O2S/c1-5-8(2)9(3)11-6-7-14(12,13)10-4/h8-11H,5-7H2,1-4H3. The highest BCUT2D eigenvalue weighted by atomic mass is 32.2. The van der Waals surface area contributed by atoms with E-state index in [4.69, 9.17) is 0 Å². The maximum atomic E-state index is 11.1. The average molecular weight is 222 g/mol. The quantitative estimate of drug-likeness (QED) is 0.662. The summed E-state index contributed by atoms with van der Waals surface area (Å²) in [6.45, 7) is 6.88. The molecule has 0 aliphatic rings. The highest BCUT2D eigenvalue weighted by Gasteiger charge is 2.11. The lowest BCUT2D eigenvalue weighted by Gasteiger charge is -2.19. The fourth-order valence-electron chi connectivity index (χ4n) is 1.08. The van der Waals surface area contributed by atoms with E-state index in [1.165, 1.54) is 7.05 Å². The molecule has 0 saturated heterocycles. The molecule has 0 bridgehead atoms. The summed E-state index contributed by atoms with van der Waals surface area (Å²) >= 11 is 0. The van der Waals surface area contributed by atoms with Crippen LogP contribution in [0.2, 0.25) is 0 Å². The molecule has 0 aromatic carbocycles. The van der Waals surface area contributed by atoms with E-state index >= 15 is 0 Å². The Morgan fingerprint density at radius 2 is 1.86 bits per heavy atom. The second kappa shape index (κ2) is 6.37. The van der Waals surface area contributed by atoms with Crippen LogP contribution in [-0.2, 0) is 10.0 Å². The maximum Gasteiger partial charge on any atom is 0.212 e. The van der Waals surface area contributed by atoms with Gasteiger partial charge < -0.3 is 5.32 Å². The third-order valence-corrected chi connectivity index (χ3v) is 4.01. The molecule has 2 N–H and O–H groups in total. The van der Waals surface area contributed by atoms with Crippen LogP contribution in [0.4, 0.5) is 0 Å². The minimum Gasteiger partial charge on any atom is -0.313 e. The molecule has 0 aliphatic heterocycles. The van der Waals surface area contributed by atoms with Crippen molar-refractivity contribution in [1.82, 2.24) is 10.0 Å². The first-order chi connectivity index (χ1) is 6.43. The molecule has 0 amide bonds. The third-order valence-electron chi connectivity index (χ3n) is 2.65. The Balaban J connectivity index is 3.75. The minimum atomic E-state index is -3.06. The van der Waals surface area contributed by atoms with E-state index in [0.29, 0.717) is 18.5 Å². The molecule has 5 heteroatoms. The van der Waals surface area contributed by atoms with Gasteiger partial charge in [0.1, 0.15) is 0 Å². The molecular weight excluding hydrogens is 200 g/mol.